The van der Waals surface area contributed by atoms with E-state index in [-0.39, 0.29) is 0 Å². The molecule has 2 aromatic rings. The van der Waals surface area contributed by atoms with Crippen LogP contribution in [0.5, 0.6) is 5.75 Å². The molecule has 112 valence electrons. The molecule has 0 aliphatic heterocycles. The number of hydrogen-bond donors (Lipinski definition) is 1. The van der Waals surface area contributed by atoms with E-state index < -0.39 is 0 Å². The first-order valence-corrected chi connectivity index (χ1v) is 8.21. The fourth-order valence-electron chi connectivity index (χ4n) is 3.77. The highest BCUT2D eigenvalue weighted by Crippen LogP contribution is 2.36. The highest BCUT2D eigenvalue weighted by Gasteiger charge is 2.26. The van der Waals surface area contributed by atoms with Gasteiger partial charge in [-0.25, -0.2) is 0 Å². The van der Waals surface area contributed by atoms with E-state index in [1.165, 1.54) is 29.2 Å². The first-order chi connectivity index (χ1) is 10.2. The summed E-state index contributed by atoms with van der Waals surface area (Å²) in [5.41, 5.74) is 2.54. The van der Waals surface area contributed by atoms with Crippen molar-refractivity contribution in [3.8, 4) is 5.75 Å². The largest absolute Gasteiger partial charge is 0.508 e. The molecule has 0 amide bonds. The SMILES string of the molecule is CCCN(CCC)C1Cc2cccc3ccc(O)c(c23)C1. The minimum absolute atomic E-state index is 0.465. The lowest BCUT2D eigenvalue weighted by Gasteiger charge is -2.35. The predicted octanol–water partition coefficient (Wildman–Crippen LogP) is 4.13. The van der Waals surface area contributed by atoms with Gasteiger partial charge in [0, 0.05) is 11.6 Å². The highest BCUT2D eigenvalue weighted by molar-refractivity contribution is 5.91. The van der Waals surface area contributed by atoms with Crippen LogP contribution >= 0.6 is 0 Å². The lowest BCUT2D eigenvalue weighted by molar-refractivity contribution is 0.191. The van der Waals surface area contributed by atoms with Gasteiger partial charge in [0.15, 0.2) is 0 Å². The van der Waals surface area contributed by atoms with Gasteiger partial charge in [0.05, 0.1) is 0 Å². The molecule has 0 spiro atoms. The van der Waals surface area contributed by atoms with Gasteiger partial charge < -0.3 is 5.11 Å². The van der Waals surface area contributed by atoms with Gasteiger partial charge in [-0.3, -0.25) is 4.90 Å². The third-order valence-corrected chi connectivity index (χ3v) is 4.65. The Bertz CT molecular complexity index is 629. The van der Waals surface area contributed by atoms with Crippen molar-refractivity contribution in [1.29, 1.82) is 0 Å². The van der Waals surface area contributed by atoms with Crippen LogP contribution in [0.25, 0.3) is 10.8 Å². The van der Waals surface area contributed by atoms with Crippen molar-refractivity contribution in [2.24, 2.45) is 0 Å². The van der Waals surface area contributed by atoms with Crippen molar-refractivity contribution in [2.75, 3.05) is 13.1 Å². The van der Waals surface area contributed by atoms with Crippen LogP contribution in [0.1, 0.15) is 37.8 Å². The number of phenols is 1. The number of rotatable bonds is 5. The monoisotopic (exact) mass is 283 g/mol. The molecule has 0 saturated carbocycles. The molecule has 0 aromatic heterocycles. The van der Waals surface area contributed by atoms with Crippen LogP contribution in [0.3, 0.4) is 0 Å². The molecule has 3 rings (SSSR count). The van der Waals surface area contributed by atoms with Gasteiger partial charge >= 0.3 is 0 Å². The Hall–Kier alpha value is -1.54. The maximum atomic E-state index is 10.3. The minimum atomic E-state index is 0.465. The molecule has 0 bridgehead atoms. The van der Waals surface area contributed by atoms with E-state index >= 15 is 0 Å². The molecule has 21 heavy (non-hydrogen) atoms. The third kappa shape index (κ3) is 2.65. The molecule has 2 nitrogen and oxygen atoms in total. The van der Waals surface area contributed by atoms with Crippen molar-refractivity contribution in [1.82, 2.24) is 4.90 Å². The van der Waals surface area contributed by atoms with E-state index in [0.717, 1.165) is 31.5 Å². The summed E-state index contributed by atoms with van der Waals surface area (Å²) in [7, 11) is 0. The number of benzene rings is 2. The summed E-state index contributed by atoms with van der Waals surface area (Å²) in [4.78, 5) is 2.61. The Morgan fingerprint density at radius 1 is 1.05 bits per heavy atom. The molecule has 0 radical (unpaired) electrons. The van der Waals surface area contributed by atoms with Crippen molar-refractivity contribution in [2.45, 2.75) is 45.6 Å². The first-order valence-electron chi connectivity index (χ1n) is 8.21. The van der Waals surface area contributed by atoms with Crippen molar-refractivity contribution in [3.63, 3.8) is 0 Å². The van der Waals surface area contributed by atoms with Crippen LogP contribution in [0, 0.1) is 0 Å². The summed E-state index contributed by atoms with van der Waals surface area (Å²) < 4.78 is 0. The molecule has 0 heterocycles. The molecular weight excluding hydrogens is 258 g/mol. The molecule has 1 unspecified atom stereocenters. The molecule has 1 atom stereocenters. The lowest BCUT2D eigenvalue weighted by atomic mass is 9.84. The summed E-state index contributed by atoms with van der Waals surface area (Å²) in [6, 6.07) is 10.9. The Balaban J connectivity index is 2.00. The molecule has 0 saturated heterocycles. The van der Waals surface area contributed by atoms with Crippen LogP contribution in [-0.4, -0.2) is 29.1 Å². The summed E-state index contributed by atoms with van der Waals surface area (Å²) >= 11 is 0. The average Bonchev–Trinajstić information content (AvgIpc) is 2.50. The van der Waals surface area contributed by atoms with Crippen molar-refractivity contribution in [3.05, 3.63) is 41.5 Å². The minimum Gasteiger partial charge on any atom is -0.508 e. The summed E-state index contributed by atoms with van der Waals surface area (Å²) in [5, 5.41) is 12.9. The third-order valence-electron chi connectivity index (χ3n) is 4.65. The Labute approximate surface area is 127 Å². The van der Waals surface area contributed by atoms with Crippen molar-refractivity contribution >= 4 is 10.8 Å². The maximum Gasteiger partial charge on any atom is 0.119 e. The van der Waals surface area contributed by atoms with Crippen LogP contribution in [0.2, 0.25) is 0 Å². The number of phenolic OH excluding ortho intramolecular Hbond substituents is 1. The van der Waals surface area contributed by atoms with Crippen LogP contribution in [0.15, 0.2) is 30.3 Å². The normalized spacial score (nSPS) is 17.6. The molecule has 0 fully saturated rings. The summed E-state index contributed by atoms with van der Waals surface area (Å²) in [6.07, 6.45) is 4.45. The predicted molar refractivity (Wildman–Crippen MR) is 89.0 cm³/mol. The van der Waals surface area contributed by atoms with E-state index in [2.05, 4.69) is 36.9 Å². The smallest absolute Gasteiger partial charge is 0.119 e. The van der Waals surface area contributed by atoms with Gasteiger partial charge in [0.1, 0.15) is 5.75 Å². The van der Waals surface area contributed by atoms with E-state index in [9.17, 15) is 5.11 Å². The molecule has 1 aliphatic carbocycles. The second-order valence-corrected chi connectivity index (χ2v) is 6.18. The molecular formula is C19H25NO. The summed E-state index contributed by atoms with van der Waals surface area (Å²) in [5.74, 6) is 0.465. The number of hydrogen-bond acceptors (Lipinski definition) is 2. The zero-order chi connectivity index (χ0) is 14.8. The average molecular weight is 283 g/mol. The quantitative estimate of drug-likeness (QED) is 0.891. The maximum absolute atomic E-state index is 10.3. The van der Waals surface area contributed by atoms with E-state index in [0.29, 0.717) is 11.8 Å². The van der Waals surface area contributed by atoms with Gasteiger partial charge in [-0.2, -0.15) is 0 Å². The van der Waals surface area contributed by atoms with Crippen molar-refractivity contribution < 1.29 is 5.11 Å². The van der Waals surface area contributed by atoms with E-state index in [1.807, 2.05) is 12.1 Å². The molecule has 2 aromatic carbocycles. The number of aromatic hydroxyl groups is 1. The molecule has 1 N–H and O–H groups in total. The molecule has 1 aliphatic rings. The summed E-state index contributed by atoms with van der Waals surface area (Å²) in [6.45, 7) is 6.80. The van der Waals surface area contributed by atoms with Gasteiger partial charge in [0.2, 0.25) is 0 Å². The topological polar surface area (TPSA) is 23.5 Å². The van der Waals surface area contributed by atoms with E-state index in [4.69, 9.17) is 0 Å². The Kier molecular flexibility index (Phi) is 4.16. The zero-order valence-electron chi connectivity index (χ0n) is 13.1. The second kappa shape index (κ2) is 6.07. The first kappa shape index (κ1) is 14.4. The van der Waals surface area contributed by atoms with Crippen LogP contribution in [-0.2, 0) is 12.8 Å². The van der Waals surface area contributed by atoms with Gasteiger partial charge in [-0.15, -0.1) is 0 Å². The van der Waals surface area contributed by atoms with Gasteiger partial charge in [-0.1, -0.05) is 38.1 Å². The standard InChI is InChI=1S/C19H25NO/c1-3-10-20(11-4-2)16-12-15-7-5-6-14-8-9-18(21)17(13-16)19(14)15/h5-9,16,21H,3-4,10-13H2,1-2H3. The Morgan fingerprint density at radius 3 is 2.52 bits per heavy atom. The lowest BCUT2D eigenvalue weighted by Crippen LogP contribution is -2.41. The van der Waals surface area contributed by atoms with Gasteiger partial charge in [-0.05, 0) is 61.2 Å². The highest BCUT2D eigenvalue weighted by atomic mass is 16.3. The fraction of sp³-hybridized carbons (Fsp3) is 0.474. The zero-order valence-corrected chi connectivity index (χ0v) is 13.1. The Morgan fingerprint density at radius 2 is 1.81 bits per heavy atom. The number of nitrogens with zero attached hydrogens (tertiary/aromatic N) is 1. The fourth-order valence-corrected chi connectivity index (χ4v) is 3.77. The van der Waals surface area contributed by atoms with Crippen LogP contribution in [0.4, 0.5) is 0 Å². The van der Waals surface area contributed by atoms with Gasteiger partial charge in [0.25, 0.3) is 0 Å². The molecule has 2 heteroatoms. The second-order valence-electron chi connectivity index (χ2n) is 6.18. The van der Waals surface area contributed by atoms with Crippen LogP contribution < -0.4 is 0 Å². The van der Waals surface area contributed by atoms with E-state index in [1.54, 1.807) is 0 Å².